The molecule has 0 amide bonds. The van der Waals surface area contributed by atoms with Crippen molar-refractivity contribution < 1.29 is 9.47 Å². The van der Waals surface area contributed by atoms with Crippen molar-refractivity contribution in [2.45, 2.75) is 6.92 Å². The molecular weight excluding hydrogens is 276 g/mol. The first-order chi connectivity index (χ1) is 9.67. The summed E-state index contributed by atoms with van der Waals surface area (Å²) in [5.74, 6) is 1.13. The van der Waals surface area contributed by atoms with Crippen molar-refractivity contribution in [1.29, 1.82) is 0 Å². The Morgan fingerprint density at radius 3 is 2.60 bits per heavy atom. The van der Waals surface area contributed by atoms with E-state index in [1.54, 1.807) is 32.8 Å². The molecule has 4 nitrogen and oxygen atoms in total. The molecule has 0 aliphatic rings. The van der Waals surface area contributed by atoms with E-state index in [2.05, 4.69) is 9.97 Å². The number of halogens is 1. The molecule has 0 saturated carbocycles. The van der Waals surface area contributed by atoms with Crippen LogP contribution in [0.3, 0.4) is 0 Å². The number of methoxy groups -OCH3 is 2. The SMILES string of the molecule is COc1ccc(C=C(C)c2cnccn2)c(Cl)c1OC. The van der Waals surface area contributed by atoms with Crippen LogP contribution < -0.4 is 9.47 Å². The van der Waals surface area contributed by atoms with Crippen LogP contribution in [0.1, 0.15) is 18.2 Å². The second-order valence-electron chi connectivity index (χ2n) is 4.12. The second-order valence-corrected chi connectivity index (χ2v) is 4.50. The molecule has 2 rings (SSSR count). The van der Waals surface area contributed by atoms with E-state index in [9.17, 15) is 0 Å². The lowest BCUT2D eigenvalue weighted by atomic mass is 10.1. The van der Waals surface area contributed by atoms with Crippen LogP contribution in [0.5, 0.6) is 11.5 Å². The van der Waals surface area contributed by atoms with Crippen LogP contribution >= 0.6 is 11.6 Å². The molecule has 2 aromatic rings. The van der Waals surface area contributed by atoms with Gasteiger partial charge in [0.2, 0.25) is 0 Å². The maximum atomic E-state index is 6.34. The number of allylic oxidation sites excluding steroid dienone is 1. The molecule has 1 heterocycles. The number of hydrogen-bond donors (Lipinski definition) is 0. The Labute approximate surface area is 123 Å². The molecule has 0 saturated heterocycles. The highest BCUT2D eigenvalue weighted by atomic mass is 35.5. The molecule has 104 valence electrons. The number of rotatable bonds is 4. The zero-order valence-electron chi connectivity index (χ0n) is 11.6. The van der Waals surface area contributed by atoms with Gasteiger partial charge in [0.15, 0.2) is 11.5 Å². The maximum Gasteiger partial charge on any atom is 0.179 e. The fraction of sp³-hybridized carbons (Fsp3) is 0.200. The third kappa shape index (κ3) is 2.91. The van der Waals surface area contributed by atoms with Gasteiger partial charge in [0.05, 0.1) is 31.1 Å². The largest absolute Gasteiger partial charge is 0.493 e. The molecule has 1 aromatic heterocycles. The first kappa shape index (κ1) is 14.3. The average Bonchev–Trinajstić information content (AvgIpc) is 2.49. The predicted molar refractivity (Wildman–Crippen MR) is 80.1 cm³/mol. The molecule has 0 N–H and O–H groups in total. The fourth-order valence-corrected chi connectivity index (χ4v) is 2.11. The number of aromatic nitrogens is 2. The Bertz CT molecular complexity index is 627. The second kappa shape index (κ2) is 6.39. The Morgan fingerprint density at radius 2 is 2.00 bits per heavy atom. The smallest absolute Gasteiger partial charge is 0.179 e. The van der Waals surface area contributed by atoms with Crippen LogP contribution in [0, 0.1) is 0 Å². The number of benzene rings is 1. The zero-order chi connectivity index (χ0) is 14.5. The van der Waals surface area contributed by atoms with Gasteiger partial charge in [0.1, 0.15) is 0 Å². The molecule has 1 aromatic carbocycles. The summed E-state index contributed by atoms with van der Waals surface area (Å²) < 4.78 is 10.5. The van der Waals surface area contributed by atoms with E-state index in [1.165, 1.54) is 0 Å². The van der Waals surface area contributed by atoms with Crippen LogP contribution in [0.4, 0.5) is 0 Å². The highest BCUT2D eigenvalue weighted by Crippen LogP contribution is 2.38. The molecular formula is C15H15ClN2O2. The van der Waals surface area contributed by atoms with E-state index >= 15 is 0 Å². The molecule has 20 heavy (non-hydrogen) atoms. The lowest BCUT2D eigenvalue weighted by Gasteiger charge is -2.11. The molecule has 0 spiro atoms. The monoisotopic (exact) mass is 290 g/mol. The highest BCUT2D eigenvalue weighted by molar-refractivity contribution is 6.34. The van der Waals surface area contributed by atoms with E-state index < -0.39 is 0 Å². The summed E-state index contributed by atoms with van der Waals surface area (Å²) in [7, 11) is 3.14. The van der Waals surface area contributed by atoms with Crippen LogP contribution in [0.25, 0.3) is 11.6 Å². The van der Waals surface area contributed by atoms with E-state index in [4.69, 9.17) is 21.1 Å². The van der Waals surface area contributed by atoms with Gasteiger partial charge in [-0.05, 0) is 36.3 Å². The standard InChI is InChI=1S/C15H15ClN2O2/c1-10(12-9-17-6-7-18-12)8-11-4-5-13(19-2)15(20-3)14(11)16/h4-9H,1-3H3. The topological polar surface area (TPSA) is 44.2 Å². The van der Waals surface area contributed by atoms with Crippen molar-refractivity contribution in [3.05, 3.63) is 47.0 Å². The van der Waals surface area contributed by atoms with E-state index in [-0.39, 0.29) is 0 Å². The van der Waals surface area contributed by atoms with E-state index in [0.717, 1.165) is 16.8 Å². The Hall–Kier alpha value is -2.07. The molecule has 0 unspecified atom stereocenters. The minimum absolute atomic E-state index is 0.509. The Balaban J connectivity index is 2.44. The summed E-state index contributed by atoms with van der Waals surface area (Å²) in [6.07, 6.45) is 6.94. The molecule has 0 atom stereocenters. The van der Waals surface area contributed by atoms with Crippen molar-refractivity contribution in [3.63, 3.8) is 0 Å². The van der Waals surface area contributed by atoms with Crippen LogP contribution in [0.15, 0.2) is 30.7 Å². The van der Waals surface area contributed by atoms with Crippen molar-refractivity contribution in [1.82, 2.24) is 9.97 Å². The summed E-state index contributed by atoms with van der Waals surface area (Å²) in [4.78, 5) is 8.30. The summed E-state index contributed by atoms with van der Waals surface area (Å²) in [5.41, 5.74) is 2.61. The van der Waals surface area contributed by atoms with Gasteiger partial charge in [-0.15, -0.1) is 0 Å². The van der Waals surface area contributed by atoms with Crippen molar-refractivity contribution in [3.8, 4) is 11.5 Å². The fourth-order valence-electron chi connectivity index (χ4n) is 1.83. The molecule has 0 bridgehead atoms. The summed E-state index contributed by atoms with van der Waals surface area (Å²) in [6.45, 7) is 1.96. The third-order valence-electron chi connectivity index (χ3n) is 2.85. The first-order valence-electron chi connectivity index (χ1n) is 6.02. The summed E-state index contributed by atoms with van der Waals surface area (Å²) in [6, 6.07) is 3.70. The number of ether oxygens (including phenoxy) is 2. The van der Waals surface area contributed by atoms with Gasteiger partial charge >= 0.3 is 0 Å². The molecule has 0 fully saturated rings. The third-order valence-corrected chi connectivity index (χ3v) is 3.24. The number of nitrogens with zero attached hydrogens (tertiary/aromatic N) is 2. The van der Waals surface area contributed by atoms with Gasteiger partial charge < -0.3 is 9.47 Å². The lowest BCUT2D eigenvalue weighted by molar-refractivity contribution is 0.355. The van der Waals surface area contributed by atoms with Crippen LogP contribution in [-0.2, 0) is 0 Å². The van der Waals surface area contributed by atoms with E-state index in [1.807, 2.05) is 25.1 Å². The van der Waals surface area contributed by atoms with Gasteiger partial charge in [-0.3, -0.25) is 9.97 Å². The van der Waals surface area contributed by atoms with Crippen LogP contribution in [0.2, 0.25) is 5.02 Å². The Kier molecular flexibility index (Phi) is 4.58. The first-order valence-corrected chi connectivity index (χ1v) is 6.40. The molecule has 0 radical (unpaired) electrons. The van der Waals surface area contributed by atoms with Gasteiger partial charge in [0, 0.05) is 12.4 Å². The Morgan fingerprint density at radius 1 is 1.20 bits per heavy atom. The summed E-state index contributed by atoms with van der Waals surface area (Å²) in [5, 5.41) is 0.509. The molecule has 0 aliphatic heterocycles. The lowest BCUT2D eigenvalue weighted by Crippen LogP contribution is -1.93. The average molecular weight is 291 g/mol. The van der Waals surface area contributed by atoms with Gasteiger partial charge in [-0.1, -0.05) is 11.6 Å². The summed E-state index contributed by atoms with van der Waals surface area (Å²) >= 11 is 6.34. The van der Waals surface area contributed by atoms with Gasteiger partial charge in [0.25, 0.3) is 0 Å². The quantitative estimate of drug-likeness (QED) is 0.861. The minimum atomic E-state index is 0.509. The van der Waals surface area contributed by atoms with Crippen LogP contribution in [-0.4, -0.2) is 24.2 Å². The molecule has 0 aliphatic carbocycles. The zero-order valence-corrected chi connectivity index (χ0v) is 12.3. The number of hydrogen-bond acceptors (Lipinski definition) is 4. The van der Waals surface area contributed by atoms with Crippen molar-refractivity contribution in [2.24, 2.45) is 0 Å². The van der Waals surface area contributed by atoms with E-state index in [0.29, 0.717) is 16.5 Å². The predicted octanol–water partition coefficient (Wildman–Crippen LogP) is 3.71. The highest BCUT2D eigenvalue weighted by Gasteiger charge is 2.12. The van der Waals surface area contributed by atoms with Crippen molar-refractivity contribution in [2.75, 3.05) is 14.2 Å². The normalized spacial score (nSPS) is 11.3. The maximum absolute atomic E-state index is 6.34. The van der Waals surface area contributed by atoms with Gasteiger partial charge in [-0.25, -0.2) is 0 Å². The minimum Gasteiger partial charge on any atom is -0.493 e. The van der Waals surface area contributed by atoms with Gasteiger partial charge in [-0.2, -0.15) is 0 Å². The molecule has 5 heteroatoms. The van der Waals surface area contributed by atoms with Crippen molar-refractivity contribution >= 4 is 23.3 Å².